The average molecular weight is 517 g/mol. The van der Waals surface area contributed by atoms with E-state index in [9.17, 15) is 9.90 Å². The molecule has 0 unspecified atom stereocenters. The first kappa shape index (κ1) is 23.5. The molecule has 1 amide bonds. The molecule has 0 bridgehead atoms. The van der Waals surface area contributed by atoms with Crippen LogP contribution in [-0.4, -0.2) is 79.2 Å². The fraction of sp³-hybridized carbons (Fsp3) is 0.600. The molecule has 0 atom stereocenters. The van der Waals surface area contributed by atoms with E-state index >= 15 is 0 Å². The van der Waals surface area contributed by atoms with Gasteiger partial charge in [-0.2, -0.15) is 0 Å². The highest BCUT2D eigenvalue weighted by molar-refractivity contribution is 14.0. The van der Waals surface area contributed by atoms with Crippen molar-refractivity contribution in [2.75, 3.05) is 46.4 Å². The summed E-state index contributed by atoms with van der Waals surface area (Å²) in [6.45, 7) is 6.92. The van der Waals surface area contributed by atoms with Crippen molar-refractivity contribution in [1.29, 1.82) is 0 Å². The van der Waals surface area contributed by atoms with Gasteiger partial charge in [0.25, 0.3) is 0 Å². The number of ether oxygens (including phenoxy) is 1. The third-order valence-electron chi connectivity index (χ3n) is 5.00. The summed E-state index contributed by atoms with van der Waals surface area (Å²) < 4.78 is 5.23. The number of guanidine groups is 1. The number of hydrogen-bond donors (Lipinski definition) is 3. The maximum Gasteiger partial charge on any atom is 0.234 e. The van der Waals surface area contributed by atoms with E-state index in [0.717, 1.165) is 57.1 Å². The number of hydrogen-bond acceptors (Lipinski definition) is 5. The Hall–Kier alpha value is -1.75. The molecule has 3 rings (SSSR count). The van der Waals surface area contributed by atoms with Crippen molar-refractivity contribution in [3.8, 4) is 11.5 Å². The first-order valence-corrected chi connectivity index (χ1v) is 10.00. The predicted molar refractivity (Wildman–Crippen MR) is 124 cm³/mol. The smallest absolute Gasteiger partial charge is 0.234 e. The first-order chi connectivity index (χ1) is 13.6. The number of carbonyl (C=O) groups is 1. The Bertz CT molecular complexity index is 703. The largest absolute Gasteiger partial charge is 0.508 e. The zero-order valence-corrected chi connectivity index (χ0v) is 19.5. The topological polar surface area (TPSA) is 89.4 Å². The summed E-state index contributed by atoms with van der Waals surface area (Å²) in [4.78, 5) is 21.1. The second-order valence-corrected chi connectivity index (χ2v) is 7.27. The molecule has 29 heavy (non-hydrogen) atoms. The van der Waals surface area contributed by atoms with Crippen LogP contribution in [-0.2, 0) is 11.3 Å². The highest BCUT2D eigenvalue weighted by Crippen LogP contribution is 2.23. The molecule has 3 N–H and O–H groups in total. The molecule has 1 aliphatic heterocycles. The van der Waals surface area contributed by atoms with E-state index in [4.69, 9.17) is 9.73 Å². The quantitative estimate of drug-likeness (QED) is 0.288. The summed E-state index contributed by atoms with van der Waals surface area (Å²) in [5.74, 6) is 1.87. The minimum atomic E-state index is 0. The molecule has 2 fully saturated rings. The van der Waals surface area contributed by atoms with Crippen LogP contribution in [0.25, 0.3) is 0 Å². The van der Waals surface area contributed by atoms with Crippen LogP contribution in [0.3, 0.4) is 0 Å². The minimum Gasteiger partial charge on any atom is -0.508 e. The Kier molecular flexibility index (Phi) is 9.28. The normalized spacial score (nSPS) is 17.4. The number of carbonyl (C=O) groups excluding carboxylic acids is 1. The lowest BCUT2D eigenvalue weighted by Crippen LogP contribution is -2.54. The van der Waals surface area contributed by atoms with E-state index in [1.165, 1.54) is 0 Å². The molecule has 162 valence electrons. The second-order valence-electron chi connectivity index (χ2n) is 7.27. The van der Waals surface area contributed by atoms with E-state index < -0.39 is 0 Å². The Labute approximate surface area is 189 Å². The van der Waals surface area contributed by atoms with Crippen LogP contribution in [0.2, 0.25) is 0 Å². The van der Waals surface area contributed by atoms with Gasteiger partial charge in [-0.1, -0.05) is 0 Å². The summed E-state index contributed by atoms with van der Waals surface area (Å²) in [7, 11) is 1.61. The number of phenolic OH excluding ortho intramolecular Hbond substituents is 1. The van der Waals surface area contributed by atoms with Crippen molar-refractivity contribution in [3.05, 3.63) is 23.8 Å². The van der Waals surface area contributed by atoms with Crippen LogP contribution in [0.15, 0.2) is 23.2 Å². The van der Waals surface area contributed by atoms with Crippen molar-refractivity contribution >= 4 is 35.8 Å². The van der Waals surface area contributed by atoms with Gasteiger partial charge in [-0.3, -0.25) is 9.69 Å². The van der Waals surface area contributed by atoms with Gasteiger partial charge in [-0.05, 0) is 38.0 Å². The molecule has 0 aromatic heterocycles. The number of aromatic hydroxyl groups is 1. The maximum absolute atomic E-state index is 12.0. The SMILES string of the molecule is CCNC(=NCc1cc(OC)ccc1O)N1CCN(CC(=O)NC2CC2)CC1.I. The van der Waals surface area contributed by atoms with Crippen LogP contribution < -0.4 is 15.4 Å². The van der Waals surface area contributed by atoms with Crippen LogP contribution in [0.5, 0.6) is 11.5 Å². The van der Waals surface area contributed by atoms with Gasteiger partial charge in [-0.15, -0.1) is 24.0 Å². The summed E-state index contributed by atoms with van der Waals surface area (Å²) in [6.07, 6.45) is 2.23. The zero-order chi connectivity index (χ0) is 19.9. The fourth-order valence-electron chi connectivity index (χ4n) is 3.22. The van der Waals surface area contributed by atoms with Gasteiger partial charge in [0.1, 0.15) is 11.5 Å². The van der Waals surface area contributed by atoms with Crippen LogP contribution in [0.4, 0.5) is 0 Å². The summed E-state index contributed by atoms with van der Waals surface area (Å²) >= 11 is 0. The fourth-order valence-corrected chi connectivity index (χ4v) is 3.22. The predicted octanol–water partition coefficient (Wildman–Crippen LogP) is 1.38. The lowest BCUT2D eigenvalue weighted by atomic mass is 10.2. The molecule has 0 spiro atoms. The molecule has 1 saturated carbocycles. The number of piperazine rings is 1. The van der Waals surface area contributed by atoms with Gasteiger partial charge in [0.05, 0.1) is 20.2 Å². The molecule has 1 aromatic rings. The molecule has 1 aromatic carbocycles. The molecule has 1 heterocycles. The van der Waals surface area contributed by atoms with Crippen molar-refractivity contribution in [1.82, 2.24) is 20.4 Å². The Balaban J connectivity index is 0.00000300. The minimum absolute atomic E-state index is 0. The van der Waals surface area contributed by atoms with Crippen LogP contribution >= 0.6 is 24.0 Å². The number of halogens is 1. The van der Waals surface area contributed by atoms with Crippen molar-refractivity contribution < 1.29 is 14.6 Å². The number of methoxy groups -OCH3 is 1. The molecule has 8 nitrogen and oxygen atoms in total. The molecule has 9 heteroatoms. The number of phenols is 1. The van der Waals surface area contributed by atoms with Crippen LogP contribution in [0.1, 0.15) is 25.3 Å². The monoisotopic (exact) mass is 517 g/mol. The zero-order valence-electron chi connectivity index (χ0n) is 17.2. The van der Waals surface area contributed by atoms with Crippen molar-refractivity contribution in [3.63, 3.8) is 0 Å². The molecular weight excluding hydrogens is 485 g/mol. The summed E-state index contributed by atoms with van der Waals surface area (Å²) in [5.41, 5.74) is 0.727. The molecule has 0 radical (unpaired) electrons. The van der Waals surface area contributed by atoms with E-state index in [-0.39, 0.29) is 35.6 Å². The Morgan fingerprint density at radius 1 is 1.28 bits per heavy atom. The van der Waals surface area contributed by atoms with Crippen molar-refractivity contribution in [2.24, 2.45) is 4.99 Å². The molecule has 1 saturated heterocycles. The second kappa shape index (κ2) is 11.4. The van der Waals surface area contributed by atoms with E-state index in [1.54, 1.807) is 25.3 Å². The number of nitrogens with zero attached hydrogens (tertiary/aromatic N) is 3. The Morgan fingerprint density at radius 2 is 2.00 bits per heavy atom. The third kappa shape index (κ3) is 7.22. The first-order valence-electron chi connectivity index (χ1n) is 10.00. The number of amides is 1. The number of benzene rings is 1. The van der Waals surface area contributed by atoms with E-state index in [0.29, 0.717) is 24.9 Å². The highest BCUT2D eigenvalue weighted by atomic mass is 127. The van der Waals surface area contributed by atoms with Gasteiger partial charge >= 0.3 is 0 Å². The van der Waals surface area contributed by atoms with Gasteiger partial charge < -0.3 is 25.4 Å². The van der Waals surface area contributed by atoms with E-state index in [1.807, 2.05) is 6.92 Å². The lowest BCUT2D eigenvalue weighted by molar-refractivity contribution is -0.122. The van der Waals surface area contributed by atoms with Crippen molar-refractivity contribution in [2.45, 2.75) is 32.4 Å². The molecular formula is C20H32IN5O3. The highest BCUT2D eigenvalue weighted by Gasteiger charge is 2.25. The Morgan fingerprint density at radius 3 is 2.62 bits per heavy atom. The van der Waals surface area contributed by atoms with Gasteiger partial charge in [0.15, 0.2) is 5.96 Å². The molecule has 1 aliphatic carbocycles. The average Bonchev–Trinajstić information content (AvgIpc) is 3.51. The maximum atomic E-state index is 12.0. The van der Waals surface area contributed by atoms with Gasteiger partial charge in [0.2, 0.25) is 5.91 Å². The third-order valence-corrected chi connectivity index (χ3v) is 5.00. The van der Waals surface area contributed by atoms with Gasteiger partial charge in [-0.25, -0.2) is 4.99 Å². The van der Waals surface area contributed by atoms with Gasteiger partial charge in [0, 0.05) is 44.3 Å². The van der Waals surface area contributed by atoms with E-state index in [2.05, 4.69) is 20.4 Å². The number of aliphatic imine (C=N–C) groups is 1. The summed E-state index contributed by atoms with van der Waals surface area (Å²) in [5, 5.41) is 16.4. The summed E-state index contributed by atoms with van der Waals surface area (Å²) in [6, 6.07) is 5.57. The van der Waals surface area contributed by atoms with Crippen LogP contribution in [0, 0.1) is 0 Å². The molecule has 2 aliphatic rings. The number of rotatable bonds is 7. The lowest BCUT2D eigenvalue weighted by Gasteiger charge is -2.36. The standard InChI is InChI=1S/C20H31N5O3.HI/c1-3-21-20(22-13-15-12-17(28-2)6-7-18(15)26)25-10-8-24(9-11-25)14-19(27)23-16-4-5-16;/h6-7,12,16,26H,3-5,8-11,13-14H2,1-2H3,(H,21,22)(H,23,27);1H. The number of nitrogens with one attached hydrogen (secondary N) is 2.